The molecule has 0 spiro atoms. The summed E-state index contributed by atoms with van der Waals surface area (Å²) in [4.78, 5) is 38.0. The Bertz CT molecular complexity index is 652. The number of unbranched alkanes of at least 4 members (excludes halogenated alkanes) is 1. The van der Waals surface area contributed by atoms with Gasteiger partial charge >= 0.3 is 12.1 Å². The molecule has 27 heavy (non-hydrogen) atoms. The van der Waals surface area contributed by atoms with E-state index in [0.29, 0.717) is 38.6 Å². The third-order valence-electron chi connectivity index (χ3n) is 4.61. The molecular weight excluding hydrogens is 346 g/mol. The zero-order chi connectivity index (χ0) is 19.9. The Morgan fingerprint density at radius 3 is 2.56 bits per heavy atom. The number of ether oxygens (including phenoxy) is 2. The Morgan fingerprint density at radius 1 is 1.22 bits per heavy atom. The average molecular weight is 375 g/mol. The van der Waals surface area contributed by atoms with E-state index in [9.17, 15) is 14.4 Å². The molecule has 148 valence electrons. The molecule has 1 fully saturated rings. The van der Waals surface area contributed by atoms with Gasteiger partial charge in [0.15, 0.2) is 0 Å². The van der Waals surface area contributed by atoms with Gasteiger partial charge in [0, 0.05) is 13.0 Å². The van der Waals surface area contributed by atoms with Crippen molar-refractivity contribution in [1.82, 2.24) is 4.90 Å². The van der Waals surface area contributed by atoms with E-state index in [1.165, 1.54) is 4.90 Å². The van der Waals surface area contributed by atoms with E-state index in [1.54, 1.807) is 20.8 Å². The maximum atomic E-state index is 13.0. The minimum Gasteiger partial charge on any atom is -0.458 e. The summed E-state index contributed by atoms with van der Waals surface area (Å²) in [6.07, 6.45) is 2.77. The molecule has 0 N–H and O–H groups in total. The highest BCUT2D eigenvalue weighted by Gasteiger charge is 2.52. The zero-order valence-corrected chi connectivity index (χ0v) is 16.4. The molecule has 6 heteroatoms. The second-order valence-corrected chi connectivity index (χ2v) is 7.89. The van der Waals surface area contributed by atoms with Crippen LogP contribution >= 0.6 is 0 Å². The molecule has 1 aromatic rings. The highest BCUT2D eigenvalue weighted by atomic mass is 16.6. The van der Waals surface area contributed by atoms with E-state index < -0.39 is 23.2 Å². The fourth-order valence-corrected chi connectivity index (χ4v) is 3.37. The van der Waals surface area contributed by atoms with Gasteiger partial charge in [0.05, 0.1) is 0 Å². The van der Waals surface area contributed by atoms with Crippen LogP contribution in [0, 0.1) is 0 Å². The third-order valence-corrected chi connectivity index (χ3v) is 4.61. The van der Waals surface area contributed by atoms with Crippen molar-refractivity contribution in [3.63, 3.8) is 0 Å². The molecular formula is C21H29NO5. The summed E-state index contributed by atoms with van der Waals surface area (Å²) < 4.78 is 11.1. The van der Waals surface area contributed by atoms with Crippen LogP contribution in [0.4, 0.5) is 4.79 Å². The molecule has 2 rings (SSSR count). The van der Waals surface area contributed by atoms with Crippen LogP contribution in [-0.2, 0) is 25.7 Å². The van der Waals surface area contributed by atoms with Crippen molar-refractivity contribution in [3.05, 3.63) is 35.9 Å². The van der Waals surface area contributed by atoms with Gasteiger partial charge in [-0.2, -0.15) is 0 Å². The quantitative estimate of drug-likeness (QED) is 0.411. The molecule has 0 aliphatic carbocycles. The van der Waals surface area contributed by atoms with Gasteiger partial charge in [-0.25, -0.2) is 9.59 Å². The highest BCUT2D eigenvalue weighted by Crippen LogP contribution is 2.37. The number of aldehydes is 1. The number of esters is 1. The maximum absolute atomic E-state index is 13.0. The number of nitrogens with zero attached hydrogens (tertiary/aromatic N) is 1. The standard InChI is InChI=1S/C21H29NO5/c1-20(2,3)27-18(24)21(12-7-8-15-23)13-9-14-22(21)19(25)26-16-17-10-5-4-6-11-17/h4-6,10-11,15H,7-9,12-14,16H2,1-3H3/t21-/m0/s1. The number of hydrogen-bond acceptors (Lipinski definition) is 5. The number of amides is 1. The van der Waals surface area contributed by atoms with Crippen molar-refractivity contribution < 1.29 is 23.9 Å². The van der Waals surface area contributed by atoms with Crippen molar-refractivity contribution in [2.24, 2.45) is 0 Å². The molecule has 1 aromatic carbocycles. The zero-order valence-electron chi connectivity index (χ0n) is 16.4. The highest BCUT2D eigenvalue weighted by molar-refractivity contribution is 5.86. The van der Waals surface area contributed by atoms with E-state index in [1.807, 2.05) is 30.3 Å². The first kappa shape index (κ1) is 20.9. The monoisotopic (exact) mass is 375 g/mol. The van der Waals surface area contributed by atoms with Crippen LogP contribution in [0.2, 0.25) is 0 Å². The third kappa shape index (κ3) is 5.55. The first-order chi connectivity index (χ1) is 12.8. The first-order valence-corrected chi connectivity index (χ1v) is 9.44. The topological polar surface area (TPSA) is 72.9 Å². The van der Waals surface area contributed by atoms with Crippen LogP contribution < -0.4 is 0 Å². The summed E-state index contributed by atoms with van der Waals surface area (Å²) in [5.41, 5.74) is -0.838. The molecule has 1 heterocycles. The Hall–Kier alpha value is -2.37. The van der Waals surface area contributed by atoms with Gasteiger partial charge in [-0.15, -0.1) is 0 Å². The number of rotatable bonds is 7. The predicted octanol–water partition coefficient (Wildman–Crippen LogP) is 3.87. The SMILES string of the molecule is CC(C)(C)OC(=O)[C@]1(CCCC=O)CCCN1C(=O)OCc1ccccc1. The molecule has 1 saturated heterocycles. The predicted molar refractivity (Wildman–Crippen MR) is 101 cm³/mol. The summed E-state index contributed by atoms with van der Waals surface area (Å²) in [6.45, 7) is 5.99. The van der Waals surface area contributed by atoms with Crippen LogP contribution in [0.3, 0.4) is 0 Å². The molecule has 1 aliphatic rings. The van der Waals surface area contributed by atoms with Gasteiger partial charge in [0.2, 0.25) is 0 Å². The fraction of sp³-hybridized carbons (Fsp3) is 0.571. The van der Waals surface area contributed by atoms with Gasteiger partial charge < -0.3 is 14.3 Å². The van der Waals surface area contributed by atoms with Gasteiger partial charge in [0.25, 0.3) is 0 Å². The van der Waals surface area contributed by atoms with Crippen LogP contribution in [0.15, 0.2) is 30.3 Å². The van der Waals surface area contributed by atoms with E-state index in [0.717, 1.165) is 11.8 Å². The van der Waals surface area contributed by atoms with Crippen molar-refractivity contribution in [3.8, 4) is 0 Å². The summed E-state index contributed by atoms with van der Waals surface area (Å²) in [5, 5.41) is 0. The summed E-state index contributed by atoms with van der Waals surface area (Å²) in [7, 11) is 0. The molecule has 0 radical (unpaired) electrons. The van der Waals surface area contributed by atoms with Gasteiger partial charge in [-0.3, -0.25) is 4.90 Å². The molecule has 1 amide bonds. The number of likely N-dealkylation sites (tertiary alicyclic amines) is 1. The van der Waals surface area contributed by atoms with Gasteiger partial charge in [0.1, 0.15) is 24.0 Å². The van der Waals surface area contributed by atoms with Crippen molar-refractivity contribution >= 4 is 18.3 Å². The van der Waals surface area contributed by atoms with Crippen LogP contribution in [0.1, 0.15) is 58.4 Å². The minimum absolute atomic E-state index is 0.148. The lowest BCUT2D eigenvalue weighted by molar-refractivity contribution is -0.168. The Labute approximate surface area is 160 Å². The number of hydrogen-bond donors (Lipinski definition) is 0. The van der Waals surface area contributed by atoms with Crippen LogP contribution in [-0.4, -0.2) is 40.9 Å². The van der Waals surface area contributed by atoms with Crippen LogP contribution in [0.5, 0.6) is 0 Å². The summed E-state index contributed by atoms with van der Waals surface area (Å²) >= 11 is 0. The molecule has 0 aromatic heterocycles. The van der Waals surface area contributed by atoms with E-state index >= 15 is 0 Å². The average Bonchev–Trinajstić information content (AvgIpc) is 3.05. The fourth-order valence-electron chi connectivity index (χ4n) is 3.37. The van der Waals surface area contributed by atoms with E-state index in [2.05, 4.69) is 0 Å². The minimum atomic E-state index is -1.07. The number of carbonyl (C=O) groups is 3. The normalized spacial score (nSPS) is 19.6. The Balaban J connectivity index is 2.15. The molecule has 0 unspecified atom stereocenters. The molecule has 1 atom stereocenters. The van der Waals surface area contributed by atoms with Crippen LogP contribution in [0.25, 0.3) is 0 Å². The molecule has 0 bridgehead atoms. The lowest BCUT2D eigenvalue weighted by atomic mass is 9.89. The van der Waals surface area contributed by atoms with Crippen molar-refractivity contribution in [2.75, 3.05) is 6.54 Å². The lowest BCUT2D eigenvalue weighted by Gasteiger charge is -2.37. The van der Waals surface area contributed by atoms with E-state index in [4.69, 9.17) is 9.47 Å². The Kier molecular flexibility index (Phi) is 6.99. The summed E-state index contributed by atoms with van der Waals surface area (Å²) in [6, 6.07) is 9.41. The summed E-state index contributed by atoms with van der Waals surface area (Å²) in [5.74, 6) is -0.421. The molecule has 1 aliphatic heterocycles. The molecule has 6 nitrogen and oxygen atoms in total. The van der Waals surface area contributed by atoms with Crippen molar-refractivity contribution in [1.29, 1.82) is 0 Å². The lowest BCUT2D eigenvalue weighted by Crippen LogP contribution is -2.55. The maximum Gasteiger partial charge on any atom is 0.411 e. The second kappa shape index (κ2) is 9.02. The van der Waals surface area contributed by atoms with Gasteiger partial charge in [-0.1, -0.05) is 30.3 Å². The molecule has 0 saturated carbocycles. The second-order valence-electron chi connectivity index (χ2n) is 7.89. The smallest absolute Gasteiger partial charge is 0.411 e. The Morgan fingerprint density at radius 2 is 1.93 bits per heavy atom. The number of carbonyl (C=O) groups excluding carboxylic acids is 3. The first-order valence-electron chi connectivity index (χ1n) is 9.44. The van der Waals surface area contributed by atoms with Crippen molar-refractivity contribution in [2.45, 2.75) is 70.6 Å². The van der Waals surface area contributed by atoms with E-state index in [-0.39, 0.29) is 6.61 Å². The number of benzene rings is 1. The van der Waals surface area contributed by atoms with Gasteiger partial charge in [-0.05, 0) is 52.0 Å². The largest absolute Gasteiger partial charge is 0.458 e.